The molecule has 0 unspecified atom stereocenters. The Kier molecular flexibility index (Phi) is 8.90. The molecule has 0 saturated carbocycles. The molecule has 0 spiro atoms. The molecule has 0 amide bonds. The molecule has 1 aromatic carbocycles. The summed E-state index contributed by atoms with van der Waals surface area (Å²) in [5, 5.41) is 0. The lowest BCUT2D eigenvalue weighted by Crippen LogP contribution is -1.81. The van der Waals surface area contributed by atoms with E-state index in [0.717, 1.165) is 6.42 Å². The fourth-order valence-corrected chi connectivity index (χ4v) is 2.22. The van der Waals surface area contributed by atoms with Gasteiger partial charge in [-0.3, -0.25) is 0 Å². The van der Waals surface area contributed by atoms with Crippen LogP contribution in [0.3, 0.4) is 0 Å². The summed E-state index contributed by atoms with van der Waals surface area (Å²) in [6.45, 7) is 4.40. The molecule has 0 heteroatoms. The van der Waals surface area contributed by atoms with Crippen LogP contribution in [0.1, 0.15) is 75.8 Å². The number of benzene rings is 1. The van der Waals surface area contributed by atoms with Crippen LogP contribution in [0.25, 0.3) is 0 Å². The van der Waals surface area contributed by atoms with Gasteiger partial charge in [-0.05, 0) is 25.0 Å². The molecule has 1 aromatic rings. The first-order valence-electron chi connectivity index (χ1n) is 7.89. The highest BCUT2D eigenvalue weighted by Gasteiger charge is 1.91. The zero-order valence-corrected chi connectivity index (χ0v) is 12.7. The number of rotatable bonds is 8. The molecule has 0 radical (unpaired) electrons. The van der Waals surface area contributed by atoms with Gasteiger partial charge in [0.15, 0.2) is 0 Å². The number of hydrogen-bond acceptors (Lipinski definition) is 0. The molecule has 0 atom stereocenters. The maximum atomic E-state index is 3.30. The predicted molar refractivity (Wildman–Crippen MR) is 85.3 cm³/mol. The van der Waals surface area contributed by atoms with Crippen LogP contribution in [-0.4, -0.2) is 0 Å². The molecule has 0 aliphatic heterocycles. The van der Waals surface area contributed by atoms with Crippen LogP contribution in [0, 0.1) is 18.8 Å². The first-order valence-corrected chi connectivity index (χ1v) is 7.89. The first-order chi connectivity index (χ1) is 9.34. The zero-order valence-electron chi connectivity index (χ0n) is 12.7. The van der Waals surface area contributed by atoms with E-state index in [1.165, 1.54) is 62.5 Å². The minimum Gasteiger partial charge on any atom is -0.0979 e. The van der Waals surface area contributed by atoms with Crippen molar-refractivity contribution >= 4 is 0 Å². The van der Waals surface area contributed by atoms with Gasteiger partial charge in [-0.25, -0.2) is 0 Å². The molecule has 0 N–H and O–H groups in total. The van der Waals surface area contributed by atoms with E-state index in [-0.39, 0.29) is 0 Å². The first kappa shape index (κ1) is 15.8. The van der Waals surface area contributed by atoms with Crippen molar-refractivity contribution in [3.63, 3.8) is 0 Å². The van der Waals surface area contributed by atoms with Crippen molar-refractivity contribution in [3.05, 3.63) is 35.4 Å². The Balaban J connectivity index is 2.04. The third kappa shape index (κ3) is 7.73. The van der Waals surface area contributed by atoms with Gasteiger partial charge in [0.05, 0.1) is 0 Å². The summed E-state index contributed by atoms with van der Waals surface area (Å²) in [6.07, 6.45) is 12.0. The van der Waals surface area contributed by atoms with E-state index in [1.54, 1.807) is 0 Å². The molecular formula is C19H28. The number of hydrogen-bond donors (Lipinski definition) is 0. The van der Waals surface area contributed by atoms with Gasteiger partial charge in [-0.2, -0.15) is 0 Å². The Morgan fingerprint density at radius 3 is 2.16 bits per heavy atom. The van der Waals surface area contributed by atoms with Crippen molar-refractivity contribution in [2.24, 2.45) is 0 Å². The second-order valence-corrected chi connectivity index (χ2v) is 5.34. The maximum Gasteiger partial charge on any atom is 0.0274 e. The van der Waals surface area contributed by atoms with Crippen molar-refractivity contribution in [1.82, 2.24) is 0 Å². The Hall–Kier alpha value is -1.22. The summed E-state index contributed by atoms with van der Waals surface area (Å²) < 4.78 is 0. The summed E-state index contributed by atoms with van der Waals surface area (Å²) in [5.74, 6) is 6.59. The highest BCUT2D eigenvalue weighted by Crippen LogP contribution is 2.09. The Labute approximate surface area is 119 Å². The molecular weight excluding hydrogens is 228 g/mol. The van der Waals surface area contributed by atoms with E-state index in [9.17, 15) is 0 Å². The lowest BCUT2D eigenvalue weighted by molar-refractivity contribution is 0.579. The average molecular weight is 256 g/mol. The van der Waals surface area contributed by atoms with E-state index >= 15 is 0 Å². The molecule has 0 nitrogen and oxygen atoms in total. The quantitative estimate of drug-likeness (QED) is 0.402. The summed E-state index contributed by atoms with van der Waals surface area (Å²) in [7, 11) is 0. The van der Waals surface area contributed by atoms with Gasteiger partial charge in [0.2, 0.25) is 0 Å². The Bertz CT molecular complexity index is 392. The highest BCUT2D eigenvalue weighted by atomic mass is 14.0. The van der Waals surface area contributed by atoms with Crippen molar-refractivity contribution in [3.8, 4) is 11.8 Å². The molecule has 0 heterocycles. The minimum absolute atomic E-state index is 1.04. The fraction of sp³-hybridized carbons (Fsp3) is 0.579. The van der Waals surface area contributed by atoms with Crippen molar-refractivity contribution in [1.29, 1.82) is 0 Å². The van der Waals surface area contributed by atoms with Gasteiger partial charge in [-0.1, -0.05) is 81.9 Å². The summed E-state index contributed by atoms with van der Waals surface area (Å²) in [4.78, 5) is 0. The third-order valence-electron chi connectivity index (χ3n) is 3.52. The second kappa shape index (κ2) is 10.7. The van der Waals surface area contributed by atoms with Crippen molar-refractivity contribution in [2.45, 2.75) is 71.6 Å². The summed E-state index contributed by atoms with van der Waals surface area (Å²) >= 11 is 0. The third-order valence-corrected chi connectivity index (χ3v) is 3.52. The van der Waals surface area contributed by atoms with E-state index in [2.05, 4.69) is 50.0 Å². The number of unbranched alkanes of at least 4 members (excludes halogenated alkanes) is 8. The molecule has 19 heavy (non-hydrogen) atoms. The molecule has 0 bridgehead atoms. The lowest BCUT2D eigenvalue weighted by atomic mass is 10.1. The maximum absolute atomic E-state index is 3.30. The summed E-state index contributed by atoms with van der Waals surface area (Å²) in [6, 6.07) is 8.36. The van der Waals surface area contributed by atoms with E-state index in [4.69, 9.17) is 0 Å². The molecule has 0 saturated heterocycles. The van der Waals surface area contributed by atoms with Gasteiger partial charge >= 0.3 is 0 Å². The van der Waals surface area contributed by atoms with Crippen LogP contribution in [0.15, 0.2) is 24.3 Å². The van der Waals surface area contributed by atoms with Crippen LogP contribution in [0.4, 0.5) is 0 Å². The van der Waals surface area contributed by atoms with Gasteiger partial charge in [0.1, 0.15) is 0 Å². The van der Waals surface area contributed by atoms with Crippen LogP contribution >= 0.6 is 0 Å². The lowest BCUT2D eigenvalue weighted by Gasteiger charge is -1.99. The van der Waals surface area contributed by atoms with E-state index in [1.807, 2.05) is 0 Å². The Morgan fingerprint density at radius 2 is 1.47 bits per heavy atom. The molecule has 0 aliphatic carbocycles. The van der Waals surface area contributed by atoms with Crippen molar-refractivity contribution in [2.75, 3.05) is 0 Å². The monoisotopic (exact) mass is 256 g/mol. The Morgan fingerprint density at radius 1 is 0.842 bits per heavy atom. The van der Waals surface area contributed by atoms with E-state index < -0.39 is 0 Å². The molecule has 0 aliphatic rings. The highest BCUT2D eigenvalue weighted by molar-refractivity contribution is 5.40. The molecule has 104 valence electrons. The van der Waals surface area contributed by atoms with Gasteiger partial charge < -0.3 is 0 Å². The largest absolute Gasteiger partial charge is 0.0979 e. The van der Waals surface area contributed by atoms with Crippen LogP contribution in [-0.2, 0) is 0 Å². The van der Waals surface area contributed by atoms with E-state index in [0.29, 0.717) is 0 Å². The smallest absolute Gasteiger partial charge is 0.0274 e. The van der Waals surface area contributed by atoms with Gasteiger partial charge in [0, 0.05) is 12.0 Å². The topological polar surface area (TPSA) is 0 Å². The molecule has 0 aromatic heterocycles. The average Bonchev–Trinajstić information content (AvgIpc) is 2.43. The SMILES string of the molecule is CCCCCCCCCCC#Cc1ccccc1C. The minimum atomic E-state index is 1.04. The zero-order chi connectivity index (χ0) is 13.8. The van der Waals surface area contributed by atoms with Crippen LogP contribution in [0.5, 0.6) is 0 Å². The van der Waals surface area contributed by atoms with Crippen LogP contribution in [0.2, 0.25) is 0 Å². The molecule has 0 fully saturated rings. The molecule has 1 rings (SSSR count). The van der Waals surface area contributed by atoms with Crippen LogP contribution < -0.4 is 0 Å². The number of aryl methyl sites for hydroxylation is 1. The fourth-order valence-electron chi connectivity index (χ4n) is 2.22. The predicted octanol–water partition coefficient (Wildman–Crippen LogP) is 5.88. The standard InChI is InChI=1S/C19H28/c1-3-4-5-6-7-8-9-10-11-12-16-19-17-14-13-15-18(19)2/h13-15,17H,3-11H2,1-2H3. The normalized spacial score (nSPS) is 10.0. The van der Waals surface area contributed by atoms with Gasteiger partial charge in [0.25, 0.3) is 0 Å². The second-order valence-electron chi connectivity index (χ2n) is 5.34. The van der Waals surface area contributed by atoms with Gasteiger partial charge in [-0.15, -0.1) is 0 Å². The van der Waals surface area contributed by atoms with Crippen molar-refractivity contribution < 1.29 is 0 Å². The summed E-state index contributed by atoms with van der Waals surface area (Å²) in [5.41, 5.74) is 2.47.